The minimum Gasteiger partial charge on any atom is -0.494 e. The summed E-state index contributed by atoms with van der Waals surface area (Å²) in [5.74, 6) is 0.781. The van der Waals surface area contributed by atoms with E-state index >= 15 is 0 Å². The van der Waals surface area contributed by atoms with Crippen LogP contribution in [0.25, 0.3) is 0 Å². The van der Waals surface area contributed by atoms with Gasteiger partial charge in [0.2, 0.25) is 0 Å². The van der Waals surface area contributed by atoms with E-state index in [4.69, 9.17) is 9.84 Å². The first-order valence-corrected chi connectivity index (χ1v) is 6.42. The van der Waals surface area contributed by atoms with E-state index in [-0.39, 0.29) is 18.7 Å². The number of likely N-dealkylation sites (N-methyl/N-ethyl adjacent to an activating group) is 1. The molecule has 1 aromatic rings. The van der Waals surface area contributed by atoms with Crippen molar-refractivity contribution in [2.45, 2.75) is 26.4 Å². The molecule has 2 amide bonds. The first-order valence-electron chi connectivity index (χ1n) is 6.42. The number of para-hydroxylation sites is 1. The Balaban J connectivity index is 2.59. The third kappa shape index (κ3) is 4.44. The summed E-state index contributed by atoms with van der Waals surface area (Å²) in [5, 5.41) is 11.8. The summed E-state index contributed by atoms with van der Waals surface area (Å²) in [7, 11) is 1.66. The minimum atomic E-state index is -0.215. The van der Waals surface area contributed by atoms with Crippen LogP contribution in [-0.4, -0.2) is 42.3 Å². The molecule has 0 radical (unpaired) electrons. The molecule has 106 valence electrons. The maximum Gasteiger partial charge on any atom is 0.317 e. The lowest BCUT2D eigenvalue weighted by atomic mass is 10.2. The van der Waals surface area contributed by atoms with Gasteiger partial charge in [0.15, 0.2) is 0 Å². The monoisotopic (exact) mass is 266 g/mol. The lowest BCUT2D eigenvalue weighted by Crippen LogP contribution is -2.43. The van der Waals surface area contributed by atoms with Gasteiger partial charge in [-0.1, -0.05) is 18.2 Å². The van der Waals surface area contributed by atoms with Crippen LogP contribution in [0.5, 0.6) is 5.75 Å². The maximum absolute atomic E-state index is 11.8. The molecule has 0 bridgehead atoms. The number of aliphatic hydroxyl groups is 1. The van der Waals surface area contributed by atoms with Crippen LogP contribution in [0.2, 0.25) is 0 Å². The average molecular weight is 266 g/mol. The second kappa shape index (κ2) is 7.63. The number of hydrogen-bond acceptors (Lipinski definition) is 3. The summed E-state index contributed by atoms with van der Waals surface area (Å²) in [6.45, 7) is 4.64. The number of carbonyl (C=O) groups excluding carboxylic acids is 1. The molecule has 0 spiro atoms. The van der Waals surface area contributed by atoms with Crippen molar-refractivity contribution in [1.29, 1.82) is 0 Å². The number of amides is 2. The van der Waals surface area contributed by atoms with Gasteiger partial charge in [-0.3, -0.25) is 0 Å². The number of urea groups is 1. The van der Waals surface area contributed by atoms with E-state index in [1.54, 1.807) is 14.0 Å². The number of carbonyl (C=O) groups is 1. The molecule has 19 heavy (non-hydrogen) atoms. The van der Waals surface area contributed by atoms with E-state index in [0.29, 0.717) is 13.2 Å². The predicted octanol–water partition coefficient (Wildman–Crippen LogP) is 1.61. The van der Waals surface area contributed by atoms with Crippen LogP contribution in [0.1, 0.15) is 19.4 Å². The second-order valence-corrected chi connectivity index (χ2v) is 4.34. The molecule has 1 unspecified atom stereocenters. The molecule has 0 aliphatic carbocycles. The lowest BCUT2D eigenvalue weighted by Gasteiger charge is -2.23. The van der Waals surface area contributed by atoms with Gasteiger partial charge in [-0.25, -0.2) is 4.79 Å². The summed E-state index contributed by atoms with van der Waals surface area (Å²) in [6, 6.07) is 7.18. The molecule has 0 saturated heterocycles. The Morgan fingerprint density at radius 1 is 1.47 bits per heavy atom. The van der Waals surface area contributed by atoms with Crippen LogP contribution >= 0.6 is 0 Å². The number of aliphatic hydroxyl groups excluding tert-OH is 1. The molecule has 0 aliphatic rings. The molecule has 5 heteroatoms. The van der Waals surface area contributed by atoms with Crippen LogP contribution in [0.3, 0.4) is 0 Å². The Morgan fingerprint density at radius 2 is 2.16 bits per heavy atom. The molecular formula is C14H22N2O3. The second-order valence-electron chi connectivity index (χ2n) is 4.34. The van der Waals surface area contributed by atoms with Crippen LogP contribution in [0, 0.1) is 0 Å². The maximum atomic E-state index is 11.8. The van der Waals surface area contributed by atoms with Crippen LogP contribution in [-0.2, 0) is 6.54 Å². The van der Waals surface area contributed by atoms with E-state index in [1.165, 1.54) is 4.90 Å². The zero-order valence-corrected chi connectivity index (χ0v) is 11.7. The van der Waals surface area contributed by atoms with Crippen molar-refractivity contribution < 1.29 is 14.6 Å². The molecule has 1 atom stereocenters. The minimum absolute atomic E-state index is 0.0561. The van der Waals surface area contributed by atoms with Gasteiger partial charge < -0.3 is 20.1 Å². The lowest BCUT2D eigenvalue weighted by molar-refractivity contribution is 0.157. The molecule has 0 aliphatic heterocycles. The van der Waals surface area contributed by atoms with Gasteiger partial charge in [-0.05, 0) is 19.9 Å². The number of nitrogens with zero attached hydrogens (tertiary/aromatic N) is 1. The zero-order chi connectivity index (χ0) is 14.3. The largest absolute Gasteiger partial charge is 0.494 e. The number of hydrogen-bond donors (Lipinski definition) is 2. The molecule has 0 fully saturated rings. The normalized spacial score (nSPS) is 11.8. The highest BCUT2D eigenvalue weighted by Gasteiger charge is 2.14. The number of rotatable bonds is 6. The standard InChI is InChI=1S/C14H22N2O3/c1-4-19-13-8-6-5-7-12(13)9-15-14(18)16(3)11(2)10-17/h5-8,11,17H,4,9-10H2,1-3H3,(H,15,18). The average Bonchev–Trinajstić information content (AvgIpc) is 2.44. The summed E-state index contributed by atoms with van der Waals surface area (Å²) in [6.07, 6.45) is 0. The summed E-state index contributed by atoms with van der Waals surface area (Å²) in [5.41, 5.74) is 0.933. The Hall–Kier alpha value is -1.75. The molecule has 5 nitrogen and oxygen atoms in total. The molecule has 1 aromatic carbocycles. The van der Waals surface area contributed by atoms with Crippen LogP contribution in [0.15, 0.2) is 24.3 Å². The number of nitrogens with one attached hydrogen (secondary N) is 1. The highest BCUT2D eigenvalue weighted by molar-refractivity contribution is 5.74. The summed E-state index contributed by atoms with van der Waals surface area (Å²) < 4.78 is 5.49. The van der Waals surface area contributed by atoms with Crippen molar-refractivity contribution in [2.24, 2.45) is 0 Å². The van der Waals surface area contributed by atoms with E-state index < -0.39 is 0 Å². The van der Waals surface area contributed by atoms with Crippen molar-refractivity contribution in [3.8, 4) is 5.75 Å². The van der Waals surface area contributed by atoms with Gasteiger partial charge in [0.25, 0.3) is 0 Å². The van der Waals surface area contributed by atoms with Gasteiger partial charge in [-0.2, -0.15) is 0 Å². The smallest absolute Gasteiger partial charge is 0.317 e. The topological polar surface area (TPSA) is 61.8 Å². The van der Waals surface area contributed by atoms with Gasteiger partial charge >= 0.3 is 6.03 Å². The number of benzene rings is 1. The van der Waals surface area contributed by atoms with Gasteiger partial charge in [-0.15, -0.1) is 0 Å². The fourth-order valence-electron chi connectivity index (χ4n) is 1.56. The highest BCUT2D eigenvalue weighted by atomic mass is 16.5. The quantitative estimate of drug-likeness (QED) is 0.822. The Morgan fingerprint density at radius 3 is 2.79 bits per heavy atom. The predicted molar refractivity (Wildman–Crippen MR) is 74.2 cm³/mol. The Bertz CT molecular complexity index is 409. The van der Waals surface area contributed by atoms with Gasteiger partial charge in [0.05, 0.1) is 19.3 Å². The summed E-state index contributed by atoms with van der Waals surface area (Å²) in [4.78, 5) is 13.3. The molecular weight excluding hydrogens is 244 g/mol. The third-order valence-corrected chi connectivity index (χ3v) is 2.95. The van der Waals surface area contributed by atoms with E-state index in [9.17, 15) is 4.79 Å². The van der Waals surface area contributed by atoms with Crippen molar-refractivity contribution >= 4 is 6.03 Å². The van der Waals surface area contributed by atoms with E-state index in [1.807, 2.05) is 31.2 Å². The first kappa shape index (κ1) is 15.3. The van der Waals surface area contributed by atoms with E-state index in [0.717, 1.165) is 11.3 Å². The van der Waals surface area contributed by atoms with Crippen molar-refractivity contribution in [3.05, 3.63) is 29.8 Å². The van der Waals surface area contributed by atoms with Crippen molar-refractivity contribution in [3.63, 3.8) is 0 Å². The Kier molecular flexibility index (Phi) is 6.15. The molecule has 0 saturated carbocycles. The summed E-state index contributed by atoms with van der Waals surface area (Å²) >= 11 is 0. The van der Waals surface area contributed by atoms with Crippen LogP contribution < -0.4 is 10.1 Å². The molecule has 1 rings (SSSR count). The van der Waals surface area contributed by atoms with Gasteiger partial charge in [0.1, 0.15) is 5.75 Å². The fraction of sp³-hybridized carbons (Fsp3) is 0.500. The molecule has 2 N–H and O–H groups in total. The van der Waals surface area contributed by atoms with Crippen molar-refractivity contribution in [2.75, 3.05) is 20.3 Å². The zero-order valence-electron chi connectivity index (χ0n) is 11.7. The molecule has 0 aromatic heterocycles. The first-order chi connectivity index (χ1) is 9.10. The SMILES string of the molecule is CCOc1ccccc1CNC(=O)N(C)C(C)CO. The third-order valence-electron chi connectivity index (χ3n) is 2.95. The highest BCUT2D eigenvalue weighted by Crippen LogP contribution is 2.17. The van der Waals surface area contributed by atoms with Gasteiger partial charge in [0, 0.05) is 19.2 Å². The molecule has 0 heterocycles. The van der Waals surface area contributed by atoms with E-state index in [2.05, 4.69) is 5.32 Å². The van der Waals surface area contributed by atoms with Crippen molar-refractivity contribution in [1.82, 2.24) is 10.2 Å². The fourth-order valence-corrected chi connectivity index (χ4v) is 1.56. The van der Waals surface area contributed by atoms with Crippen LogP contribution in [0.4, 0.5) is 4.79 Å². The number of ether oxygens (including phenoxy) is 1. The Labute approximate surface area is 114 Å².